The molecular formula is C4H6N2O3. The van der Waals surface area contributed by atoms with Gasteiger partial charge in [-0.15, -0.1) is 0 Å². The minimum Gasteiger partial charge on any atom is -0.477 e. The van der Waals surface area contributed by atoms with Crippen molar-refractivity contribution < 1.29 is 14.7 Å². The Morgan fingerprint density at radius 2 is 2.00 bits per heavy atom. The number of nitrogens with zero attached hydrogens (tertiary/aromatic N) is 1. The molecule has 0 radical (unpaired) electrons. The molecule has 3 N–H and O–H groups in total. The first-order valence-corrected chi connectivity index (χ1v) is 2.12. The maximum absolute atomic E-state index is 9.90. The number of hydrogen-bond donors (Lipinski definition) is 2. The molecule has 0 unspecified atom stereocenters. The average Bonchev–Trinajstić information content (AvgIpc) is 1.63. The van der Waals surface area contributed by atoms with Gasteiger partial charge in [0, 0.05) is 0 Å². The molecule has 5 nitrogen and oxygen atoms in total. The first-order chi connectivity index (χ1) is 4.04. The van der Waals surface area contributed by atoms with Crippen LogP contribution in [-0.4, -0.2) is 22.8 Å². The Bertz CT molecular complexity index is 173. The van der Waals surface area contributed by atoms with E-state index in [0.29, 0.717) is 0 Å². The summed E-state index contributed by atoms with van der Waals surface area (Å²) in [6, 6.07) is -0.991. The SMILES string of the molecule is CC(=NC(N)=O)C(=O)O. The van der Waals surface area contributed by atoms with E-state index >= 15 is 0 Å². The number of rotatable bonds is 1. The van der Waals surface area contributed by atoms with E-state index in [1.54, 1.807) is 0 Å². The van der Waals surface area contributed by atoms with Crippen LogP contribution in [0.4, 0.5) is 4.79 Å². The van der Waals surface area contributed by atoms with Crippen molar-refractivity contribution in [2.24, 2.45) is 10.7 Å². The van der Waals surface area contributed by atoms with Gasteiger partial charge in [-0.3, -0.25) is 0 Å². The van der Waals surface area contributed by atoms with Gasteiger partial charge in [-0.1, -0.05) is 0 Å². The van der Waals surface area contributed by atoms with Gasteiger partial charge in [0.15, 0.2) is 0 Å². The third kappa shape index (κ3) is 3.22. The number of nitrogens with two attached hydrogens (primary N) is 1. The Balaban J connectivity index is 4.17. The molecule has 5 heteroatoms. The molecule has 0 rings (SSSR count). The first-order valence-electron chi connectivity index (χ1n) is 2.12. The number of amides is 2. The summed E-state index contributed by atoms with van der Waals surface area (Å²) in [6.07, 6.45) is 0. The van der Waals surface area contributed by atoms with Gasteiger partial charge in [0.1, 0.15) is 5.71 Å². The summed E-state index contributed by atoms with van der Waals surface area (Å²) in [5.41, 5.74) is 4.24. The molecule has 0 saturated heterocycles. The van der Waals surface area contributed by atoms with E-state index < -0.39 is 12.0 Å². The maximum atomic E-state index is 9.90. The van der Waals surface area contributed by atoms with Crippen LogP contribution in [0, 0.1) is 0 Å². The molecular weight excluding hydrogens is 124 g/mol. The van der Waals surface area contributed by atoms with Crippen LogP contribution in [0.25, 0.3) is 0 Å². The van der Waals surface area contributed by atoms with E-state index in [1.807, 2.05) is 0 Å². The molecule has 0 fully saturated rings. The van der Waals surface area contributed by atoms with Crippen LogP contribution in [0.3, 0.4) is 0 Å². The quantitative estimate of drug-likeness (QED) is 0.473. The highest BCUT2D eigenvalue weighted by Gasteiger charge is 2.01. The van der Waals surface area contributed by atoms with Crippen LogP contribution in [-0.2, 0) is 4.79 Å². The third-order valence-corrected chi connectivity index (χ3v) is 0.587. The second-order valence-corrected chi connectivity index (χ2v) is 1.34. The van der Waals surface area contributed by atoms with E-state index in [2.05, 4.69) is 10.7 Å². The van der Waals surface area contributed by atoms with Crippen molar-refractivity contribution in [2.45, 2.75) is 6.92 Å². The molecule has 0 aromatic rings. The van der Waals surface area contributed by atoms with Crippen LogP contribution in [0.15, 0.2) is 4.99 Å². The molecule has 0 aliphatic heterocycles. The van der Waals surface area contributed by atoms with E-state index in [-0.39, 0.29) is 5.71 Å². The van der Waals surface area contributed by atoms with E-state index in [1.165, 1.54) is 6.92 Å². The van der Waals surface area contributed by atoms with E-state index in [9.17, 15) is 9.59 Å². The zero-order valence-electron chi connectivity index (χ0n) is 4.79. The second-order valence-electron chi connectivity index (χ2n) is 1.34. The largest absolute Gasteiger partial charge is 0.477 e. The number of urea groups is 1. The van der Waals surface area contributed by atoms with Crippen LogP contribution in [0.1, 0.15) is 6.92 Å². The van der Waals surface area contributed by atoms with Crippen molar-refractivity contribution in [3.8, 4) is 0 Å². The molecule has 0 aromatic carbocycles. The standard InChI is InChI=1S/C4H6N2O3/c1-2(3(7)8)6-4(5)9/h1H3,(H2,5,9)(H,7,8). The predicted octanol–water partition coefficient (Wildman–Crippen LogP) is -0.389. The lowest BCUT2D eigenvalue weighted by Crippen LogP contribution is -2.14. The summed E-state index contributed by atoms with van der Waals surface area (Å²) in [5.74, 6) is -1.24. The first kappa shape index (κ1) is 7.61. The summed E-state index contributed by atoms with van der Waals surface area (Å²) < 4.78 is 0. The number of carboxylic acids is 1. The van der Waals surface area contributed by atoms with Gasteiger partial charge in [-0.2, -0.15) is 4.99 Å². The minimum absolute atomic E-state index is 0.303. The highest BCUT2D eigenvalue weighted by Crippen LogP contribution is 1.76. The number of hydrogen-bond acceptors (Lipinski definition) is 2. The zero-order valence-corrected chi connectivity index (χ0v) is 4.79. The summed E-state index contributed by atoms with van der Waals surface area (Å²) in [6.45, 7) is 1.19. The van der Waals surface area contributed by atoms with Gasteiger partial charge >= 0.3 is 12.0 Å². The molecule has 0 atom stereocenters. The summed E-state index contributed by atoms with van der Waals surface area (Å²) in [5, 5.41) is 8.09. The van der Waals surface area contributed by atoms with E-state index in [4.69, 9.17) is 5.11 Å². The topological polar surface area (TPSA) is 92.8 Å². The molecule has 0 spiro atoms. The van der Waals surface area contributed by atoms with Crippen molar-refractivity contribution in [1.82, 2.24) is 0 Å². The molecule has 0 aliphatic rings. The summed E-state index contributed by atoms with van der Waals surface area (Å²) in [7, 11) is 0. The lowest BCUT2D eigenvalue weighted by molar-refractivity contribution is -0.129. The van der Waals surface area contributed by atoms with Crippen LogP contribution in [0.2, 0.25) is 0 Å². The molecule has 50 valence electrons. The van der Waals surface area contributed by atoms with E-state index in [0.717, 1.165) is 0 Å². The Labute approximate surface area is 51.2 Å². The number of carbonyl (C=O) groups excluding carboxylic acids is 1. The highest BCUT2D eigenvalue weighted by molar-refractivity contribution is 6.36. The van der Waals surface area contributed by atoms with Gasteiger partial charge < -0.3 is 10.8 Å². The number of carboxylic acid groups (broad SMARTS) is 1. The van der Waals surface area contributed by atoms with Crippen molar-refractivity contribution in [1.29, 1.82) is 0 Å². The Morgan fingerprint density at radius 1 is 1.56 bits per heavy atom. The fourth-order valence-corrected chi connectivity index (χ4v) is 0.213. The zero-order chi connectivity index (χ0) is 7.44. The normalized spacial score (nSPS) is 11.0. The van der Waals surface area contributed by atoms with Crippen LogP contribution in [0.5, 0.6) is 0 Å². The maximum Gasteiger partial charge on any atom is 0.350 e. The third-order valence-electron chi connectivity index (χ3n) is 0.587. The van der Waals surface area contributed by atoms with Crippen molar-refractivity contribution >= 4 is 17.7 Å². The van der Waals surface area contributed by atoms with Gasteiger partial charge in [0.2, 0.25) is 0 Å². The van der Waals surface area contributed by atoms with Crippen molar-refractivity contribution in [3.05, 3.63) is 0 Å². The second kappa shape index (κ2) is 2.81. The predicted molar refractivity (Wildman–Crippen MR) is 30.3 cm³/mol. The summed E-state index contributed by atoms with van der Waals surface area (Å²) >= 11 is 0. The minimum atomic E-state index is -1.24. The van der Waals surface area contributed by atoms with Gasteiger partial charge in [0.05, 0.1) is 0 Å². The Hall–Kier alpha value is -1.39. The smallest absolute Gasteiger partial charge is 0.350 e. The Morgan fingerprint density at radius 3 is 2.11 bits per heavy atom. The lowest BCUT2D eigenvalue weighted by atomic mass is 10.4. The number of carbonyl (C=O) groups is 2. The van der Waals surface area contributed by atoms with Crippen LogP contribution < -0.4 is 5.73 Å². The van der Waals surface area contributed by atoms with Gasteiger partial charge in [-0.25, -0.2) is 9.59 Å². The van der Waals surface area contributed by atoms with Crippen molar-refractivity contribution in [3.63, 3.8) is 0 Å². The number of aliphatic carboxylic acids is 1. The van der Waals surface area contributed by atoms with Gasteiger partial charge in [-0.05, 0) is 6.92 Å². The van der Waals surface area contributed by atoms with Gasteiger partial charge in [0.25, 0.3) is 0 Å². The molecule has 9 heavy (non-hydrogen) atoms. The molecule has 0 aromatic heterocycles. The molecule has 2 amide bonds. The molecule has 0 heterocycles. The molecule has 0 saturated carbocycles. The highest BCUT2D eigenvalue weighted by atomic mass is 16.4. The lowest BCUT2D eigenvalue weighted by Gasteiger charge is -1.86. The molecule has 0 aliphatic carbocycles. The number of primary amides is 1. The van der Waals surface area contributed by atoms with Crippen LogP contribution >= 0.6 is 0 Å². The Kier molecular flexibility index (Phi) is 2.37. The fraction of sp³-hybridized carbons (Fsp3) is 0.250. The monoisotopic (exact) mass is 130 g/mol. The fourth-order valence-electron chi connectivity index (χ4n) is 0.213. The average molecular weight is 130 g/mol. The van der Waals surface area contributed by atoms with Crippen molar-refractivity contribution in [2.75, 3.05) is 0 Å². The molecule has 0 bridgehead atoms. The summed E-state index contributed by atoms with van der Waals surface area (Å²) in [4.78, 5) is 22.7. The number of aliphatic imine (C=N–C) groups is 1.